The molecule has 5 heteroatoms. The molecule has 0 heterocycles. The van der Waals surface area contributed by atoms with Crippen LogP contribution in [0.15, 0.2) is 12.1 Å². The highest BCUT2D eigenvalue weighted by molar-refractivity contribution is 5.88. The van der Waals surface area contributed by atoms with Gasteiger partial charge < -0.3 is 10.4 Å². The monoisotopic (exact) mass is 257 g/mol. The average Bonchev–Trinajstić information content (AvgIpc) is 2.20. The van der Waals surface area contributed by atoms with E-state index in [1.807, 2.05) is 20.8 Å². The lowest BCUT2D eigenvalue weighted by atomic mass is 9.92. The van der Waals surface area contributed by atoms with Crippen molar-refractivity contribution in [2.45, 2.75) is 27.2 Å². The van der Waals surface area contributed by atoms with Crippen LogP contribution in [0.5, 0.6) is 0 Å². The third kappa shape index (κ3) is 3.98. The molecular formula is C13H17F2NO2. The molecule has 0 fully saturated rings. The maximum absolute atomic E-state index is 13.5. The van der Waals surface area contributed by atoms with Crippen LogP contribution in [0.2, 0.25) is 0 Å². The Morgan fingerprint density at radius 3 is 2.17 bits per heavy atom. The summed E-state index contributed by atoms with van der Waals surface area (Å²) in [5.74, 6) is -3.13. The summed E-state index contributed by atoms with van der Waals surface area (Å²) in [5, 5.41) is 11.3. The van der Waals surface area contributed by atoms with Gasteiger partial charge in [0, 0.05) is 6.54 Å². The summed E-state index contributed by atoms with van der Waals surface area (Å²) in [6.45, 7) is 6.49. The van der Waals surface area contributed by atoms with Gasteiger partial charge in [0.05, 0.1) is 5.56 Å². The Hall–Kier alpha value is -1.65. The number of benzene rings is 1. The van der Waals surface area contributed by atoms with Gasteiger partial charge in [-0.1, -0.05) is 20.8 Å². The molecule has 2 N–H and O–H groups in total. The molecule has 1 aromatic rings. The summed E-state index contributed by atoms with van der Waals surface area (Å²) in [7, 11) is 0. The van der Waals surface area contributed by atoms with Gasteiger partial charge in [-0.15, -0.1) is 0 Å². The van der Waals surface area contributed by atoms with Crippen LogP contribution in [0.4, 0.5) is 14.5 Å². The first-order chi connectivity index (χ1) is 8.20. The number of hydrogen-bond donors (Lipinski definition) is 2. The summed E-state index contributed by atoms with van der Waals surface area (Å²) < 4.78 is 27.1. The van der Waals surface area contributed by atoms with Crippen LogP contribution in [-0.4, -0.2) is 17.6 Å². The van der Waals surface area contributed by atoms with Crippen molar-refractivity contribution in [3.05, 3.63) is 29.3 Å². The molecule has 0 amide bonds. The Labute approximate surface area is 105 Å². The third-order valence-corrected chi connectivity index (χ3v) is 2.47. The first-order valence-electron chi connectivity index (χ1n) is 5.67. The Kier molecular flexibility index (Phi) is 4.27. The zero-order valence-corrected chi connectivity index (χ0v) is 10.7. The molecule has 0 aliphatic rings. The standard InChI is InChI=1S/C13H17F2NO2/c1-13(2,3)4-5-16-11-9(14)6-8(12(17)18)7-10(11)15/h6-7,16H,4-5H2,1-3H3,(H,17,18). The normalized spacial score (nSPS) is 11.4. The van der Waals surface area contributed by atoms with Crippen molar-refractivity contribution >= 4 is 11.7 Å². The minimum atomic E-state index is -1.35. The van der Waals surface area contributed by atoms with Crippen LogP contribution in [0.3, 0.4) is 0 Å². The predicted octanol–water partition coefficient (Wildman–Crippen LogP) is 3.51. The lowest BCUT2D eigenvalue weighted by Gasteiger charge is -2.19. The molecule has 0 spiro atoms. The number of rotatable bonds is 4. The average molecular weight is 257 g/mol. The number of aromatic carboxylic acids is 1. The van der Waals surface area contributed by atoms with E-state index in [4.69, 9.17) is 5.11 Å². The van der Waals surface area contributed by atoms with E-state index in [1.54, 1.807) is 0 Å². The summed E-state index contributed by atoms with van der Waals surface area (Å²) in [6.07, 6.45) is 0.743. The van der Waals surface area contributed by atoms with Gasteiger partial charge in [0.15, 0.2) is 0 Å². The van der Waals surface area contributed by atoms with Crippen molar-refractivity contribution in [1.29, 1.82) is 0 Å². The molecule has 0 aliphatic heterocycles. The van der Waals surface area contributed by atoms with Crippen molar-refractivity contribution < 1.29 is 18.7 Å². The highest BCUT2D eigenvalue weighted by Crippen LogP contribution is 2.23. The second-order valence-electron chi connectivity index (χ2n) is 5.36. The second-order valence-corrected chi connectivity index (χ2v) is 5.36. The third-order valence-electron chi connectivity index (χ3n) is 2.47. The lowest BCUT2D eigenvalue weighted by molar-refractivity contribution is 0.0696. The summed E-state index contributed by atoms with van der Waals surface area (Å²) >= 11 is 0. The van der Waals surface area contributed by atoms with Crippen molar-refractivity contribution in [1.82, 2.24) is 0 Å². The van der Waals surface area contributed by atoms with E-state index in [1.165, 1.54) is 0 Å². The second kappa shape index (κ2) is 5.33. The van der Waals surface area contributed by atoms with E-state index < -0.39 is 23.2 Å². The largest absolute Gasteiger partial charge is 0.478 e. The van der Waals surface area contributed by atoms with Crippen LogP contribution in [0.1, 0.15) is 37.6 Å². The van der Waals surface area contributed by atoms with Gasteiger partial charge in [0.1, 0.15) is 17.3 Å². The minimum Gasteiger partial charge on any atom is -0.478 e. The summed E-state index contributed by atoms with van der Waals surface area (Å²) in [4.78, 5) is 10.6. The molecule has 18 heavy (non-hydrogen) atoms. The van der Waals surface area contributed by atoms with Gasteiger partial charge in [-0.25, -0.2) is 13.6 Å². The number of carboxylic acids is 1. The lowest BCUT2D eigenvalue weighted by Crippen LogP contribution is -2.14. The van der Waals surface area contributed by atoms with Crippen molar-refractivity contribution in [3.8, 4) is 0 Å². The Morgan fingerprint density at radius 2 is 1.78 bits per heavy atom. The van der Waals surface area contributed by atoms with Gasteiger partial charge in [0.25, 0.3) is 0 Å². The zero-order chi connectivity index (χ0) is 13.9. The Bertz CT molecular complexity index is 430. The van der Waals surface area contributed by atoms with Gasteiger partial charge in [0.2, 0.25) is 0 Å². The van der Waals surface area contributed by atoms with E-state index in [9.17, 15) is 13.6 Å². The van der Waals surface area contributed by atoms with Crippen LogP contribution in [0.25, 0.3) is 0 Å². The maximum atomic E-state index is 13.5. The molecule has 0 saturated carbocycles. The first kappa shape index (κ1) is 14.4. The summed E-state index contributed by atoms with van der Waals surface area (Å²) in [5.41, 5.74) is -0.614. The van der Waals surface area contributed by atoms with Crippen LogP contribution in [0, 0.1) is 17.0 Å². The number of halogens is 2. The molecule has 0 unspecified atom stereocenters. The highest BCUT2D eigenvalue weighted by Gasteiger charge is 2.15. The fourth-order valence-electron chi connectivity index (χ4n) is 1.43. The van der Waals surface area contributed by atoms with E-state index in [0.717, 1.165) is 18.6 Å². The molecular weight excluding hydrogens is 240 g/mol. The molecule has 1 rings (SSSR count). The van der Waals surface area contributed by atoms with Crippen molar-refractivity contribution in [2.24, 2.45) is 5.41 Å². The van der Waals surface area contributed by atoms with Gasteiger partial charge in [-0.2, -0.15) is 0 Å². The topological polar surface area (TPSA) is 49.3 Å². The molecule has 100 valence electrons. The molecule has 0 radical (unpaired) electrons. The number of carboxylic acid groups (broad SMARTS) is 1. The van der Waals surface area contributed by atoms with Crippen LogP contribution in [-0.2, 0) is 0 Å². The first-order valence-corrected chi connectivity index (χ1v) is 5.67. The zero-order valence-electron chi connectivity index (χ0n) is 10.7. The Balaban J connectivity index is 2.81. The maximum Gasteiger partial charge on any atom is 0.335 e. The quantitative estimate of drug-likeness (QED) is 0.867. The van der Waals surface area contributed by atoms with Gasteiger partial charge in [-0.05, 0) is 24.0 Å². The van der Waals surface area contributed by atoms with Gasteiger partial charge in [-0.3, -0.25) is 0 Å². The van der Waals surface area contributed by atoms with E-state index in [2.05, 4.69) is 5.32 Å². The molecule has 0 aliphatic carbocycles. The number of anilines is 1. The van der Waals surface area contributed by atoms with Gasteiger partial charge >= 0.3 is 5.97 Å². The summed E-state index contributed by atoms with van der Waals surface area (Å²) in [6, 6.07) is 1.62. The van der Waals surface area contributed by atoms with Crippen LogP contribution >= 0.6 is 0 Å². The highest BCUT2D eigenvalue weighted by atomic mass is 19.1. The fourth-order valence-corrected chi connectivity index (χ4v) is 1.43. The molecule has 0 bridgehead atoms. The smallest absolute Gasteiger partial charge is 0.335 e. The van der Waals surface area contributed by atoms with E-state index >= 15 is 0 Å². The number of nitrogens with one attached hydrogen (secondary N) is 1. The molecule has 0 aromatic heterocycles. The minimum absolute atomic E-state index is 0.0565. The number of carbonyl (C=O) groups is 1. The van der Waals surface area contributed by atoms with Crippen LogP contribution < -0.4 is 5.32 Å². The van der Waals surface area contributed by atoms with E-state index in [-0.39, 0.29) is 11.1 Å². The fraction of sp³-hybridized carbons (Fsp3) is 0.462. The SMILES string of the molecule is CC(C)(C)CCNc1c(F)cc(C(=O)O)cc1F. The van der Waals surface area contributed by atoms with Crippen molar-refractivity contribution in [2.75, 3.05) is 11.9 Å². The number of hydrogen-bond acceptors (Lipinski definition) is 2. The predicted molar refractivity (Wildman–Crippen MR) is 65.9 cm³/mol. The van der Waals surface area contributed by atoms with E-state index in [0.29, 0.717) is 6.54 Å². The molecule has 3 nitrogen and oxygen atoms in total. The molecule has 0 saturated heterocycles. The molecule has 0 atom stereocenters. The van der Waals surface area contributed by atoms with Crippen molar-refractivity contribution in [3.63, 3.8) is 0 Å². The molecule has 1 aromatic carbocycles. The Morgan fingerprint density at radius 1 is 1.28 bits per heavy atom.